The van der Waals surface area contributed by atoms with Gasteiger partial charge >= 0.3 is 0 Å². The molecule has 1 heterocycles. The number of fused-ring (bicyclic) bond motifs is 1. The highest BCUT2D eigenvalue weighted by Crippen LogP contribution is 2.29. The second-order valence-corrected chi connectivity index (χ2v) is 7.43. The molecule has 1 aromatic heterocycles. The van der Waals surface area contributed by atoms with Crippen LogP contribution in [0.4, 0.5) is 5.13 Å². The van der Waals surface area contributed by atoms with Crippen molar-refractivity contribution < 1.29 is 9.59 Å². The van der Waals surface area contributed by atoms with E-state index >= 15 is 0 Å². The van der Waals surface area contributed by atoms with Gasteiger partial charge in [0.25, 0.3) is 0 Å². The Morgan fingerprint density at radius 3 is 2.84 bits per heavy atom. The summed E-state index contributed by atoms with van der Waals surface area (Å²) in [7, 11) is 1.74. The number of aromatic nitrogens is 1. The average molecular weight is 368 g/mol. The van der Waals surface area contributed by atoms with Crippen LogP contribution in [-0.2, 0) is 22.4 Å². The largest absolute Gasteiger partial charge is 0.345 e. The Balaban J connectivity index is 1.77. The molecule has 1 aliphatic rings. The molecule has 140 valence electrons. The monoisotopic (exact) mass is 367 g/mol. The van der Waals surface area contributed by atoms with Crippen molar-refractivity contribution in [2.24, 2.45) is 0 Å². The Morgan fingerprint density at radius 2 is 2.12 bits per heavy atom. The number of hydrogen-bond donors (Lipinski definition) is 3. The molecule has 1 unspecified atom stereocenters. The molecular formula is C17H29N5O2S. The molecule has 25 heavy (non-hydrogen) atoms. The summed E-state index contributed by atoms with van der Waals surface area (Å²) in [5, 5.41) is 9.93. The van der Waals surface area contributed by atoms with Gasteiger partial charge in [0.05, 0.1) is 18.8 Å². The quantitative estimate of drug-likeness (QED) is 0.606. The van der Waals surface area contributed by atoms with Gasteiger partial charge in [0.1, 0.15) is 0 Å². The fourth-order valence-electron chi connectivity index (χ4n) is 2.71. The molecule has 0 spiro atoms. The Labute approximate surface area is 153 Å². The van der Waals surface area contributed by atoms with Crippen LogP contribution in [0.3, 0.4) is 0 Å². The van der Waals surface area contributed by atoms with E-state index in [1.54, 1.807) is 23.3 Å². The van der Waals surface area contributed by atoms with Crippen molar-refractivity contribution in [1.29, 1.82) is 0 Å². The number of amides is 2. The van der Waals surface area contributed by atoms with Crippen molar-refractivity contribution in [3.8, 4) is 0 Å². The van der Waals surface area contributed by atoms with Crippen molar-refractivity contribution >= 4 is 28.3 Å². The second-order valence-electron chi connectivity index (χ2n) is 6.34. The van der Waals surface area contributed by atoms with Gasteiger partial charge in [0.15, 0.2) is 5.13 Å². The Bertz CT molecular complexity index is 590. The van der Waals surface area contributed by atoms with Crippen LogP contribution in [-0.4, -0.2) is 61.0 Å². The maximum atomic E-state index is 12.0. The zero-order chi connectivity index (χ0) is 18.2. The number of nitrogens with one attached hydrogen (secondary N) is 3. The number of hydrogen-bond acceptors (Lipinski definition) is 6. The van der Waals surface area contributed by atoms with E-state index in [0.717, 1.165) is 37.9 Å². The number of aryl methyl sites for hydroxylation is 1. The normalized spacial score (nSPS) is 16.4. The van der Waals surface area contributed by atoms with Crippen molar-refractivity contribution in [3.05, 3.63) is 10.6 Å². The average Bonchev–Trinajstić information content (AvgIpc) is 3.00. The van der Waals surface area contributed by atoms with E-state index in [-0.39, 0.29) is 24.9 Å². The Hall–Kier alpha value is -1.51. The first-order valence-electron chi connectivity index (χ1n) is 9.00. The zero-order valence-corrected chi connectivity index (χ0v) is 16.2. The lowest BCUT2D eigenvalue weighted by molar-refractivity contribution is -0.128. The van der Waals surface area contributed by atoms with E-state index < -0.39 is 0 Å². The molecule has 0 aromatic carbocycles. The van der Waals surface area contributed by atoms with E-state index in [0.29, 0.717) is 17.7 Å². The highest BCUT2D eigenvalue weighted by molar-refractivity contribution is 7.15. The van der Waals surface area contributed by atoms with Crippen molar-refractivity contribution in [3.63, 3.8) is 0 Å². The van der Waals surface area contributed by atoms with Crippen LogP contribution in [0, 0.1) is 0 Å². The van der Waals surface area contributed by atoms with Crippen molar-refractivity contribution in [2.45, 2.75) is 45.6 Å². The maximum absolute atomic E-state index is 12.0. The topological polar surface area (TPSA) is 86.4 Å². The van der Waals surface area contributed by atoms with E-state index in [1.807, 2.05) is 6.92 Å². The number of rotatable bonds is 9. The van der Waals surface area contributed by atoms with Crippen LogP contribution in [0.25, 0.3) is 0 Å². The summed E-state index contributed by atoms with van der Waals surface area (Å²) in [6, 6.07) is 0.514. The van der Waals surface area contributed by atoms with Crippen molar-refractivity contribution in [1.82, 2.24) is 20.5 Å². The number of anilines is 1. The zero-order valence-electron chi connectivity index (χ0n) is 15.4. The summed E-state index contributed by atoms with van der Waals surface area (Å²) in [5.74, 6) is -0.190. The van der Waals surface area contributed by atoms with E-state index in [4.69, 9.17) is 0 Å². The molecule has 3 N–H and O–H groups in total. The van der Waals surface area contributed by atoms with Crippen LogP contribution in [0.5, 0.6) is 0 Å². The molecule has 2 amide bonds. The summed E-state index contributed by atoms with van der Waals surface area (Å²) in [4.78, 5) is 31.1. The van der Waals surface area contributed by atoms with E-state index in [9.17, 15) is 9.59 Å². The lowest BCUT2D eigenvalue weighted by Crippen LogP contribution is -2.38. The number of likely N-dealkylation sites (N-methyl/N-ethyl adjacent to an activating group) is 1. The van der Waals surface area contributed by atoms with Gasteiger partial charge in [0.2, 0.25) is 11.8 Å². The van der Waals surface area contributed by atoms with Crippen LogP contribution in [0.2, 0.25) is 0 Å². The first-order valence-corrected chi connectivity index (χ1v) is 9.81. The minimum absolute atomic E-state index is 0.0226. The second kappa shape index (κ2) is 9.84. The molecule has 1 aromatic rings. The molecule has 8 heteroatoms. The molecule has 1 aliphatic carbocycles. The summed E-state index contributed by atoms with van der Waals surface area (Å²) in [6.07, 6.45) is 4.17. The van der Waals surface area contributed by atoms with Gasteiger partial charge in [-0.1, -0.05) is 6.92 Å². The summed E-state index contributed by atoms with van der Waals surface area (Å²) in [6.45, 7) is 6.05. The third kappa shape index (κ3) is 6.05. The van der Waals surface area contributed by atoms with Gasteiger partial charge in [-0.2, -0.15) is 0 Å². The standard InChI is InChI=1S/C17H29N5O2S/c1-4-8-19-12-6-7-13-14(9-12)25-17(20-13)21-15(23)10-18-11-16(24)22(3)5-2/h12,18-19H,4-11H2,1-3H3,(H,20,21,23). The lowest BCUT2D eigenvalue weighted by Gasteiger charge is -2.21. The molecular weight excluding hydrogens is 338 g/mol. The lowest BCUT2D eigenvalue weighted by atomic mass is 9.98. The first-order chi connectivity index (χ1) is 12.0. The SMILES string of the molecule is CCCNC1CCc2nc(NC(=O)CNCC(=O)N(C)CC)sc2C1. The maximum Gasteiger partial charge on any atom is 0.240 e. The van der Waals surface area contributed by atoms with Crippen LogP contribution in [0.15, 0.2) is 0 Å². The minimum atomic E-state index is -0.168. The number of carbonyl (C=O) groups excluding carboxylic acids is 2. The third-order valence-corrected chi connectivity index (χ3v) is 5.37. The van der Waals surface area contributed by atoms with Gasteiger partial charge in [0, 0.05) is 24.5 Å². The Kier molecular flexibility index (Phi) is 7.80. The molecule has 0 saturated carbocycles. The van der Waals surface area contributed by atoms with Crippen molar-refractivity contribution in [2.75, 3.05) is 38.5 Å². The fraction of sp³-hybridized carbons (Fsp3) is 0.706. The van der Waals surface area contributed by atoms with Crippen LogP contribution in [0.1, 0.15) is 37.3 Å². The molecule has 7 nitrogen and oxygen atoms in total. The van der Waals surface area contributed by atoms with Gasteiger partial charge < -0.3 is 15.5 Å². The molecule has 2 rings (SSSR count). The van der Waals surface area contributed by atoms with Gasteiger partial charge in [-0.05, 0) is 39.2 Å². The molecule has 0 aliphatic heterocycles. The van der Waals surface area contributed by atoms with Gasteiger partial charge in [-0.3, -0.25) is 14.9 Å². The molecule has 0 bridgehead atoms. The van der Waals surface area contributed by atoms with Gasteiger partial charge in [-0.15, -0.1) is 11.3 Å². The number of nitrogens with zero attached hydrogens (tertiary/aromatic N) is 2. The molecule has 1 atom stereocenters. The predicted octanol–water partition coefficient (Wildman–Crippen LogP) is 1.01. The van der Waals surface area contributed by atoms with Gasteiger partial charge in [-0.25, -0.2) is 4.98 Å². The minimum Gasteiger partial charge on any atom is -0.345 e. The highest BCUT2D eigenvalue weighted by atomic mass is 32.1. The smallest absolute Gasteiger partial charge is 0.240 e. The molecule has 0 fully saturated rings. The molecule has 0 saturated heterocycles. The fourth-order valence-corrected chi connectivity index (χ4v) is 3.81. The number of carbonyl (C=O) groups is 2. The van der Waals surface area contributed by atoms with Crippen LogP contribution < -0.4 is 16.0 Å². The first kappa shape index (κ1) is 19.8. The van der Waals surface area contributed by atoms with Crippen LogP contribution >= 0.6 is 11.3 Å². The summed E-state index contributed by atoms with van der Waals surface area (Å²) < 4.78 is 0. The van der Waals surface area contributed by atoms with E-state index in [1.165, 1.54) is 4.88 Å². The van der Waals surface area contributed by atoms with E-state index in [2.05, 4.69) is 27.9 Å². The summed E-state index contributed by atoms with van der Waals surface area (Å²) >= 11 is 1.56. The predicted molar refractivity (Wildman–Crippen MR) is 101 cm³/mol. The molecule has 0 radical (unpaired) electrons. The third-order valence-electron chi connectivity index (χ3n) is 4.33. The highest BCUT2D eigenvalue weighted by Gasteiger charge is 2.22. The Morgan fingerprint density at radius 1 is 1.32 bits per heavy atom. The summed E-state index contributed by atoms with van der Waals surface area (Å²) in [5.41, 5.74) is 1.11. The number of thiazole rings is 1.